The first-order valence-electron chi connectivity index (χ1n) is 5.61. The Balaban J connectivity index is 2.81. The summed E-state index contributed by atoms with van der Waals surface area (Å²) >= 11 is 0. The Morgan fingerprint density at radius 1 is 1.56 bits per heavy atom. The van der Waals surface area contributed by atoms with E-state index in [1.807, 2.05) is 0 Å². The van der Waals surface area contributed by atoms with Crippen LogP contribution in [0.3, 0.4) is 0 Å². The van der Waals surface area contributed by atoms with E-state index in [2.05, 4.69) is 13.8 Å². The van der Waals surface area contributed by atoms with Crippen molar-refractivity contribution >= 4 is 11.7 Å². The third kappa shape index (κ3) is 2.84. The highest BCUT2D eigenvalue weighted by molar-refractivity contribution is 6.42. The zero-order valence-corrected chi connectivity index (χ0v) is 10.2. The number of hydrogen-bond donors (Lipinski definition) is 2. The van der Waals surface area contributed by atoms with Gasteiger partial charge in [0, 0.05) is 11.3 Å². The van der Waals surface area contributed by atoms with Crippen LogP contribution < -0.4 is 5.73 Å². The third-order valence-electron chi connectivity index (χ3n) is 2.89. The third-order valence-corrected chi connectivity index (χ3v) is 2.89. The standard InChI is InChI=1S/C12H20N2O2/c1-4-16-11(15)10(14)8-5-6-12(2,3)7-9(8)13/h14H,4-7,13H2,1-3H3. The van der Waals surface area contributed by atoms with Crippen LogP contribution in [0.2, 0.25) is 0 Å². The normalized spacial score (nSPS) is 19.4. The average Bonchev–Trinajstić information content (AvgIpc) is 2.16. The number of ether oxygens (including phenoxy) is 1. The van der Waals surface area contributed by atoms with Crippen LogP contribution in [0.25, 0.3) is 0 Å². The number of rotatable bonds is 3. The summed E-state index contributed by atoms with van der Waals surface area (Å²) in [5, 5.41) is 7.74. The lowest BCUT2D eigenvalue weighted by Crippen LogP contribution is -2.28. The molecule has 0 bridgehead atoms. The molecule has 3 N–H and O–H groups in total. The smallest absolute Gasteiger partial charge is 0.356 e. The van der Waals surface area contributed by atoms with Crippen LogP contribution in [-0.2, 0) is 9.53 Å². The number of carbonyl (C=O) groups excluding carboxylic acids is 1. The summed E-state index contributed by atoms with van der Waals surface area (Å²) in [6, 6.07) is 0. The van der Waals surface area contributed by atoms with Gasteiger partial charge >= 0.3 is 5.97 Å². The fourth-order valence-electron chi connectivity index (χ4n) is 1.95. The van der Waals surface area contributed by atoms with E-state index < -0.39 is 5.97 Å². The minimum absolute atomic E-state index is 0.0742. The van der Waals surface area contributed by atoms with E-state index in [9.17, 15) is 4.79 Å². The molecule has 0 heterocycles. The molecule has 0 atom stereocenters. The van der Waals surface area contributed by atoms with Gasteiger partial charge in [-0.1, -0.05) is 13.8 Å². The maximum atomic E-state index is 11.4. The Hall–Kier alpha value is -1.32. The van der Waals surface area contributed by atoms with Crippen molar-refractivity contribution in [3.8, 4) is 0 Å². The molecule has 4 nitrogen and oxygen atoms in total. The molecule has 1 aliphatic rings. The number of carbonyl (C=O) groups is 1. The van der Waals surface area contributed by atoms with Crippen LogP contribution in [0.15, 0.2) is 11.3 Å². The van der Waals surface area contributed by atoms with E-state index in [-0.39, 0.29) is 11.1 Å². The SMILES string of the molecule is CCOC(=O)C(=N)C1=C(N)CC(C)(C)CC1. The van der Waals surface area contributed by atoms with Crippen LogP contribution in [0, 0.1) is 10.8 Å². The zero-order chi connectivity index (χ0) is 12.3. The molecule has 1 aliphatic carbocycles. The molecule has 0 unspecified atom stereocenters. The molecular formula is C12H20N2O2. The maximum Gasteiger partial charge on any atom is 0.356 e. The van der Waals surface area contributed by atoms with Crippen LogP contribution >= 0.6 is 0 Å². The number of hydrogen-bond acceptors (Lipinski definition) is 4. The van der Waals surface area contributed by atoms with Gasteiger partial charge in [-0.3, -0.25) is 5.41 Å². The predicted molar refractivity (Wildman–Crippen MR) is 63.2 cm³/mol. The second kappa shape index (κ2) is 4.68. The summed E-state index contributed by atoms with van der Waals surface area (Å²) in [5.41, 5.74) is 7.34. The van der Waals surface area contributed by atoms with Gasteiger partial charge in [0.25, 0.3) is 0 Å². The monoisotopic (exact) mass is 224 g/mol. The van der Waals surface area contributed by atoms with Crippen molar-refractivity contribution in [1.29, 1.82) is 5.41 Å². The van der Waals surface area contributed by atoms with Crippen molar-refractivity contribution in [1.82, 2.24) is 0 Å². The summed E-state index contributed by atoms with van der Waals surface area (Å²) in [6.45, 7) is 6.31. The second-order valence-electron chi connectivity index (χ2n) is 4.94. The van der Waals surface area contributed by atoms with Crippen molar-refractivity contribution in [2.24, 2.45) is 11.1 Å². The number of nitrogens with one attached hydrogen (secondary N) is 1. The van der Waals surface area contributed by atoms with E-state index >= 15 is 0 Å². The highest BCUT2D eigenvalue weighted by Crippen LogP contribution is 2.37. The topological polar surface area (TPSA) is 76.2 Å². The molecule has 4 heteroatoms. The van der Waals surface area contributed by atoms with Crippen LogP contribution in [-0.4, -0.2) is 18.3 Å². The Labute approximate surface area is 96.4 Å². The Morgan fingerprint density at radius 2 is 2.19 bits per heavy atom. The van der Waals surface area contributed by atoms with Crippen LogP contribution in [0.1, 0.15) is 40.0 Å². The van der Waals surface area contributed by atoms with Crippen molar-refractivity contribution < 1.29 is 9.53 Å². The van der Waals surface area contributed by atoms with Crippen molar-refractivity contribution in [3.63, 3.8) is 0 Å². The van der Waals surface area contributed by atoms with Gasteiger partial charge in [-0.2, -0.15) is 0 Å². The van der Waals surface area contributed by atoms with Crippen LogP contribution in [0.5, 0.6) is 0 Å². The first kappa shape index (κ1) is 12.7. The molecule has 0 amide bonds. The van der Waals surface area contributed by atoms with Gasteiger partial charge in [-0.15, -0.1) is 0 Å². The molecule has 0 aromatic carbocycles. The maximum absolute atomic E-state index is 11.4. The number of nitrogens with two attached hydrogens (primary N) is 1. The first-order valence-corrected chi connectivity index (χ1v) is 5.61. The Morgan fingerprint density at radius 3 is 2.69 bits per heavy atom. The van der Waals surface area contributed by atoms with Crippen molar-refractivity contribution in [3.05, 3.63) is 11.3 Å². The fourth-order valence-corrected chi connectivity index (χ4v) is 1.95. The van der Waals surface area contributed by atoms with Crippen LogP contribution in [0.4, 0.5) is 0 Å². The van der Waals surface area contributed by atoms with E-state index in [1.165, 1.54) is 0 Å². The summed E-state index contributed by atoms with van der Waals surface area (Å²) in [6.07, 6.45) is 2.38. The zero-order valence-electron chi connectivity index (χ0n) is 10.2. The molecule has 0 spiro atoms. The fraction of sp³-hybridized carbons (Fsp3) is 0.667. The van der Waals surface area contributed by atoms with E-state index in [1.54, 1.807) is 6.92 Å². The predicted octanol–water partition coefficient (Wildman–Crippen LogP) is 1.99. The minimum Gasteiger partial charge on any atom is -0.461 e. The van der Waals surface area contributed by atoms with Gasteiger partial charge in [-0.05, 0) is 31.6 Å². The first-order chi connectivity index (χ1) is 7.37. The molecule has 0 saturated heterocycles. The number of allylic oxidation sites excluding steroid dienone is 1. The highest BCUT2D eigenvalue weighted by Gasteiger charge is 2.29. The molecule has 0 radical (unpaired) electrons. The molecule has 16 heavy (non-hydrogen) atoms. The van der Waals surface area contributed by atoms with E-state index in [0.29, 0.717) is 24.3 Å². The van der Waals surface area contributed by atoms with Crippen molar-refractivity contribution in [2.45, 2.75) is 40.0 Å². The van der Waals surface area contributed by atoms with Gasteiger partial charge in [0.2, 0.25) is 0 Å². The highest BCUT2D eigenvalue weighted by atomic mass is 16.5. The Kier molecular flexibility index (Phi) is 3.73. The lowest BCUT2D eigenvalue weighted by atomic mass is 9.76. The summed E-state index contributed by atoms with van der Waals surface area (Å²) in [4.78, 5) is 11.4. The second-order valence-corrected chi connectivity index (χ2v) is 4.94. The number of esters is 1. The molecular weight excluding hydrogens is 204 g/mol. The molecule has 0 aromatic rings. The van der Waals surface area contributed by atoms with Gasteiger partial charge in [0.05, 0.1) is 6.61 Å². The van der Waals surface area contributed by atoms with Gasteiger partial charge in [-0.25, -0.2) is 4.79 Å². The quantitative estimate of drug-likeness (QED) is 0.568. The van der Waals surface area contributed by atoms with E-state index in [0.717, 1.165) is 12.8 Å². The lowest BCUT2D eigenvalue weighted by molar-refractivity contribution is -0.135. The molecule has 0 aromatic heterocycles. The van der Waals surface area contributed by atoms with Gasteiger partial charge in [0.15, 0.2) is 0 Å². The summed E-state index contributed by atoms with van der Waals surface area (Å²) in [7, 11) is 0. The molecule has 0 fully saturated rings. The molecule has 1 rings (SSSR count). The molecule has 0 saturated carbocycles. The van der Waals surface area contributed by atoms with Gasteiger partial charge in [0.1, 0.15) is 5.71 Å². The molecule has 90 valence electrons. The summed E-state index contributed by atoms with van der Waals surface area (Å²) < 4.78 is 4.80. The lowest BCUT2D eigenvalue weighted by Gasteiger charge is -2.31. The minimum atomic E-state index is -0.569. The largest absolute Gasteiger partial charge is 0.461 e. The Bertz CT molecular complexity index is 343. The van der Waals surface area contributed by atoms with Crippen molar-refractivity contribution in [2.75, 3.05) is 6.61 Å². The van der Waals surface area contributed by atoms with Gasteiger partial charge < -0.3 is 10.5 Å². The van der Waals surface area contributed by atoms with E-state index in [4.69, 9.17) is 15.9 Å². The summed E-state index contributed by atoms with van der Waals surface area (Å²) in [5.74, 6) is -0.569. The molecule has 0 aliphatic heterocycles. The average molecular weight is 224 g/mol.